The summed E-state index contributed by atoms with van der Waals surface area (Å²) in [6, 6.07) is 15.2. The number of carbonyl (C=O) groups is 1. The van der Waals surface area contributed by atoms with Gasteiger partial charge < -0.3 is 9.47 Å². The van der Waals surface area contributed by atoms with Crippen molar-refractivity contribution >= 4 is 33.5 Å². The SMILES string of the molecule is CN(C)c1ccc(C=O)cc1.Cn1c(=O)sc2ccccc21.NN. The van der Waals surface area contributed by atoms with Crippen LogP contribution in [0.15, 0.2) is 53.3 Å². The van der Waals surface area contributed by atoms with Crippen molar-refractivity contribution in [1.82, 2.24) is 4.57 Å². The maximum Gasteiger partial charge on any atom is 0.307 e. The van der Waals surface area contributed by atoms with Gasteiger partial charge in [-0.3, -0.25) is 21.3 Å². The van der Waals surface area contributed by atoms with Crippen LogP contribution in [-0.4, -0.2) is 24.9 Å². The summed E-state index contributed by atoms with van der Waals surface area (Å²) in [6.07, 6.45) is 0.847. The summed E-state index contributed by atoms with van der Waals surface area (Å²) in [7, 11) is 5.73. The van der Waals surface area contributed by atoms with E-state index in [1.807, 2.05) is 67.5 Å². The Kier molecular flexibility index (Phi) is 7.84. The number of thiazole rings is 1. The minimum atomic E-state index is 0.103. The second kappa shape index (κ2) is 9.61. The van der Waals surface area contributed by atoms with Crippen LogP contribution < -0.4 is 21.5 Å². The summed E-state index contributed by atoms with van der Waals surface area (Å²) in [5, 5.41) is 0. The molecule has 2 aromatic carbocycles. The summed E-state index contributed by atoms with van der Waals surface area (Å²) < 4.78 is 2.72. The van der Waals surface area contributed by atoms with Gasteiger partial charge in [0.15, 0.2) is 0 Å². The molecular formula is C17H22N4O2S. The lowest BCUT2D eigenvalue weighted by atomic mass is 10.2. The highest BCUT2D eigenvalue weighted by Gasteiger charge is 2.00. The number of nitrogens with zero attached hydrogens (tertiary/aromatic N) is 2. The molecule has 7 heteroatoms. The van der Waals surface area contributed by atoms with E-state index in [1.165, 1.54) is 11.3 Å². The van der Waals surface area contributed by atoms with Crippen molar-refractivity contribution < 1.29 is 4.79 Å². The summed E-state index contributed by atoms with van der Waals surface area (Å²) in [5.74, 6) is 8.00. The van der Waals surface area contributed by atoms with Crippen LogP contribution in [0.5, 0.6) is 0 Å². The van der Waals surface area contributed by atoms with Crippen LogP contribution in [0.4, 0.5) is 5.69 Å². The zero-order chi connectivity index (χ0) is 18.1. The normalized spacial score (nSPS) is 9.38. The molecule has 128 valence electrons. The topological polar surface area (TPSA) is 94.3 Å². The molecule has 0 aliphatic heterocycles. The van der Waals surface area contributed by atoms with Crippen LogP contribution in [0, 0.1) is 0 Å². The number of nitrogens with two attached hydrogens (primary N) is 2. The lowest BCUT2D eigenvalue weighted by molar-refractivity contribution is 0.112. The molecule has 6 nitrogen and oxygen atoms in total. The van der Waals surface area contributed by atoms with Crippen LogP contribution in [0.1, 0.15) is 10.4 Å². The van der Waals surface area contributed by atoms with Gasteiger partial charge in [0.1, 0.15) is 6.29 Å². The number of hydrazine groups is 1. The molecule has 0 aliphatic rings. The molecular weight excluding hydrogens is 324 g/mol. The third-order valence-corrected chi connectivity index (χ3v) is 4.26. The molecule has 3 aromatic rings. The lowest BCUT2D eigenvalue weighted by Gasteiger charge is -2.11. The number of aldehydes is 1. The number of carbonyl (C=O) groups excluding carboxylic acids is 1. The Hall–Kier alpha value is -2.48. The van der Waals surface area contributed by atoms with Gasteiger partial charge in [0, 0.05) is 32.4 Å². The Morgan fingerprint density at radius 1 is 1.04 bits per heavy atom. The molecule has 0 saturated carbocycles. The van der Waals surface area contributed by atoms with Crippen LogP contribution in [-0.2, 0) is 7.05 Å². The van der Waals surface area contributed by atoms with E-state index < -0.39 is 0 Å². The fourth-order valence-corrected chi connectivity index (χ4v) is 2.81. The molecule has 3 rings (SSSR count). The lowest BCUT2D eigenvalue weighted by Crippen LogP contribution is -2.08. The van der Waals surface area contributed by atoms with E-state index in [-0.39, 0.29) is 4.87 Å². The van der Waals surface area contributed by atoms with Crippen LogP contribution in [0.2, 0.25) is 0 Å². The minimum absolute atomic E-state index is 0.103. The molecule has 0 aliphatic carbocycles. The van der Waals surface area contributed by atoms with Crippen LogP contribution in [0.25, 0.3) is 10.2 Å². The van der Waals surface area contributed by atoms with Gasteiger partial charge in [-0.05, 0) is 36.4 Å². The molecule has 0 bridgehead atoms. The number of anilines is 1. The number of hydrogen-bond donors (Lipinski definition) is 2. The van der Waals surface area contributed by atoms with Gasteiger partial charge in [0.05, 0.1) is 10.2 Å². The van der Waals surface area contributed by atoms with Gasteiger partial charge in [-0.2, -0.15) is 0 Å². The number of aryl methyl sites for hydroxylation is 1. The van der Waals surface area contributed by atoms with E-state index in [1.54, 1.807) is 11.6 Å². The van der Waals surface area contributed by atoms with Crippen LogP contribution in [0.3, 0.4) is 0 Å². The third kappa shape index (κ3) is 5.02. The van der Waals surface area contributed by atoms with Crippen molar-refractivity contribution in [3.05, 3.63) is 63.8 Å². The second-order valence-electron chi connectivity index (χ2n) is 5.00. The van der Waals surface area contributed by atoms with Gasteiger partial charge in [-0.15, -0.1) is 0 Å². The Bertz CT molecular complexity index is 822. The maximum absolute atomic E-state index is 11.1. The average molecular weight is 346 g/mol. The van der Waals surface area contributed by atoms with Gasteiger partial charge >= 0.3 is 4.87 Å². The Balaban J connectivity index is 0.000000218. The highest BCUT2D eigenvalue weighted by molar-refractivity contribution is 7.16. The Morgan fingerprint density at radius 3 is 2.12 bits per heavy atom. The van der Waals surface area contributed by atoms with Gasteiger partial charge in [0.2, 0.25) is 0 Å². The number of aromatic nitrogens is 1. The average Bonchev–Trinajstić information content (AvgIpc) is 2.92. The first-order chi connectivity index (χ1) is 11.5. The zero-order valence-corrected chi connectivity index (χ0v) is 14.8. The van der Waals surface area contributed by atoms with E-state index in [0.717, 1.165) is 27.8 Å². The molecule has 0 spiro atoms. The quantitative estimate of drug-likeness (QED) is 0.420. The molecule has 0 atom stereocenters. The number of rotatable bonds is 2. The number of para-hydroxylation sites is 1. The molecule has 0 fully saturated rings. The summed E-state index contributed by atoms with van der Waals surface area (Å²) in [4.78, 5) is 23.5. The summed E-state index contributed by atoms with van der Waals surface area (Å²) in [6.45, 7) is 0. The molecule has 0 saturated heterocycles. The fraction of sp³-hybridized carbons (Fsp3) is 0.176. The van der Waals surface area contributed by atoms with Crippen molar-refractivity contribution in [3.8, 4) is 0 Å². The highest BCUT2D eigenvalue weighted by atomic mass is 32.1. The second-order valence-corrected chi connectivity index (χ2v) is 5.99. The first-order valence-electron chi connectivity index (χ1n) is 7.13. The Morgan fingerprint density at radius 2 is 1.62 bits per heavy atom. The summed E-state index contributed by atoms with van der Waals surface area (Å²) in [5.41, 5.74) is 2.84. The predicted molar refractivity (Wildman–Crippen MR) is 102 cm³/mol. The molecule has 1 heterocycles. The highest BCUT2D eigenvalue weighted by Crippen LogP contribution is 2.14. The first-order valence-corrected chi connectivity index (χ1v) is 7.95. The van der Waals surface area contributed by atoms with E-state index >= 15 is 0 Å². The predicted octanol–water partition coefficient (Wildman–Crippen LogP) is 1.98. The summed E-state index contributed by atoms with van der Waals surface area (Å²) >= 11 is 1.29. The fourth-order valence-electron chi connectivity index (χ4n) is 1.93. The molecule has 0 amide bonds. The van der Waals surface area contributed by atoms with Gasteiger partial charge in [0.25, 0.3) is 0 Å². The third-order valence-electron chi connectivity index (χ3n) is 3.24. The first kappa shape index (κ1) is 19.6. The maximum atomic E-state index is 11.1. The smallest absolute Gasteiger partial charge is 0.307 e. The molecule has 1 aromatic heterocycles. The van der Waals surface area contributed by atoms with E-state index in [4.69, 9.17) is 0 Å². The molecule has 0 unspecified atom stereocenters. The van der Waals surface area contributed by atoms with Crippen molar-refractivity contribution in [1.29, 1.82) is 0 Å². The molecule has 24 heavy (non-hydrogen) atoms. The zero-order valence-electron chi connectivity index (χ0n) is 14.0. The largest absolute Gasteiger partial charge is 0.378 e. The van der Waals surface area contributed by atoms with Gasteiger partial charge in [-0.1, -0.05) is 23.5 Å². The molecule has 0 radical (unpaired) electrons. The van der Waals surface area contributed by atoms with Gasteiger partial charge in [-0.25, -0.2) is 0 Å². The Labute approximate surface area is 144 Å². The standard InChI is InChI=1S/C9H11NO.C8H7NOS.H4N2/c1-10(2)9-5-3-8(7-11)4-6-9;1-9-6-4-2-3-5-7(6)11-8(9)10;1-2/h3-7H,1-2H3;2-5H,1H3;1-2H2. The van der Waals surface area contributed by atoms with Crippen molar-refractivity contribution in [2.24, 2.45) is 18.7 Å². The number of hydrogen-bond acceptors (Lipinski definition) is 6. The number of benzene rings is 2. The number of fused-ring (bicyclic) bond motifs is 1. The van der Waals surface area contributed by atoms with E-state index in [9.17, 15) is 9.59 Å². The molecule has 4 N–H and O–H groups in total. The van der Waals surface area contributed by atoms with Crippen molar-refractivity contribution in [2.75, 3.05) is 19.0 Å². The van der Waals surface area contributed by atoms with Crippen molar-refractivity contribution in [2.45, 2.75) is 0 Å². The monoisotopic (exact) mass is 346 g/mol. The van der Waals surface area contributed by atoms with Crippen molar-refractivity contribution in [3.63, 3.8) is 0 Å². The van der Waals surface area contributed by atoms with Crippen LogP contribution >= 0.6 is 11.3 Å². The van der Waals surface area contributed by atoms with E-state index in [0.29, 0.717) is 0 Å². The van der Waals surface area contributed by atoms with E-state index in [2.05, 4.69) is 11.7 Å². The minimum Gasteiger partial charge on any atom is -0.378 e.